The molecule has 0 unspecified atom stereocenters. The number of rotatable bonds is 5. The van der Waals surface area contributed by atoms with Gasteiger partial charge in [0.1, 0.15) is 0 Å². The summed E-state index contributed by atoms with van der Waals surface area (Å²) in [5, 5.41) is 2.22. The molecule has 0 saturated carbocycles. The van der Waals surface area contributed by atoms with Crippen LogP contribution in [0.1, 0.15) is 48.7 Å². The largest absolute Gasteiger partial charge is 0.471 e. The smallest absolute Gasteiger partial charge is 0.338 e. The first-order chi connectivity index (χ1) is 20.3. The molecule has 0 spiro atoms. The molecule has 1 aliphatic heterocycles. The van der Waals surface area contributed by atoms with E-state index in [2.05, 4.69) is 0 Å². The molecule has 1 N–H and O–H groups in total. The Morgan fingerprint density at radius 2 is 1.51 bits per heavy atom. The summed E-state index contributed by atoms with van der Waals surface area (Å²) < 4.78 is 45.0. The van der Waals surface area contributed by atoms with E-state index in [-0.39, 0.29) is 55.8 Å². The van der Waals surface area contributed by atoms with Crippen molar-refractivity contribution >= 4 is 39.4 Å². The van der Waals surface area contributed by atoms with Crippen LogP contribution in [0.3, 0.4) is 0 Å². The molecule has 4 aromatic rings. The molecule has 0 aliphatic carbocycles. The number of aromatic nitrogens is 4. The van der Waals surface area contributed by atoms with Crippen molar-refractivity contribution in [3.8, 4) is 0 Å². The van der Waals surface area contributed by atoms with Gasteiger partial charge < -0.3 is 10.2 Å². The minimum atomic E-state index is -5.20. The van der Waals surface area contributed by atoms with Crippen LogP contribution in [0, 0.1) is 6.92 Å². The number of anilines is 1. The second-order valence-electron chi connectivity index (χ2n) is 10.7. The number of alkyl halides is 3. The van der Waals surface area contributed by atoms with E-state index in [1.807, 2.05) is 18.3 Å². The monoisotopic (exact) mass is 600 g/mol. The topological polar surface area (TPSA) is 120 Å². The van der Waals surface area contributed by atoms with Crippen LogP contribution < -0.4 is 22.3 Å². The van der Waals surface area contributed by atoms with Crippen LogP contribution in [0.5, 0.6) is 0 Å². The minimum Gasteiger partial charge on any atom is -0.338 e. The minimum absolute atomic E-state index is 0.103. The first-order valence-electron chi connectivity index (χ1n) is 13.9. The first-order valence-corrected chi connectivity index (χ1v) is 13.9. The number of nitrogens with zero attached hydrogens (tertiary/aromatic N) is 5. The number of piperidine rings is 1. The van der Waals surface area contributed by atoms with E-state index in [1.54, 1.807) is 33.0 Å². The molecule has 2 aromatic heterocycles. The maximum Gasteiger partial charge on any atom is 0.471 e. The molecule has 0 atom stereocenters. The zero-order chi connectivity index (χ0) is 31.4. The van der Waals surface area contributed by atoms with Crippen LogP contribution in [0.15, 0.2) is 44.7 Å². The highest BCUT2D eigenvalue weighted by atomic mass is 19.4. The summed E-state index contributed by atoms with van der Waals surface area (Å²) in [5.74, 6) is -2.90. The Hall–Kier alpha value is -4.62. The molecule has 43 heavy (non-hydrogen) atoms. The van der Waals surface area contributed by atoms with Crippen LogP contribution in [0.2, 0.25) is 0 Å². The molecule has 3 heterocycles. The number of hydrogen-bond donors (Lipinski definition) is 1. The predicted octanol–water partition coefficient (Wildman–Crippen LogP) is 3.14. The van der Waals surface area contributed by atoms with E-state index in [1.165, 1.54) is 35.3 Å². The first kappa shape index (κ1) is 29.9. The molecular formula is C29H31F3N6O5. The van der Waals surface area contributed by atoms with Crippen LogP contribution in [0.25, 0.3) is 21.9 Å². The van der Waals surface area contributed by atoms with Gasteiger partial charge in [-0.25, -0.2) is 9.59 Å². The molecule has 1 saturated heterocycles. The molecule has 5 rings (SSSR count). The number of nitrogens with one attached hydrogen (secondary N) is 1. The fraction of sp³-hybridized carbons (Fsp3) is 0.414. The van der Waals surface area contributed by atoms with Gasteiger partial charge in [0.15, 0.2) is 0 Å². The Bertz CT molecular complexity index is 1960. The molecule has 11 nitrogen and oxygen atoms in total. The summed E-state index contributed by atoms with van der Waals surface area (Å²) in [4.78, 5) is 66.5. The molecule has 2 aromatic carbocycles. The standard InChI is InChI=1S/C29H31F3N6O5/c1-5-36-22-14-18(20(33-26(41)29(30,31)32)15-23(22)37(6-2)28(36)43)24(39)35-11-9-17(10-12-35)38-25(40)19-13-16(3)7-8-21(19)34(4)27(38)42/h7-8,13-15,17H,5-6,9-12H2,1-4H3,(H,33,41). The summed E-state index contributed by atoms with van der Waals surface area (Å²) in [5.41, 5.74) is 0.137. The van der Waals surface area contributed by atoms with Crippen molar-refractivity contribution in [3.05, 3.63) is 72.8 Å². The highest BCUT2D eigenvalue weighted by molar-refractivity contribution is 6.08. The van der Waals surface area contributed by atoms with Crippen molar-refractivity contribution in [1.82, 2.24) is 23.2 Å². The second-order valence-corrected chi connectivity index (χ2v) is 10.7. The molecular weight excluding hydrogens is 569 g/mol. The lowest BCUT2D eigenvalue weighted by Crippen LogP contribution is -2.46. The van der Waals surface area contributed by atoms with Crippen LogP contribution in [0.4, 0.5) is 18.9 Å². The Balaban J connectivity index is 1.51. The van der Waals surface area contributed by atoms with E-state index >= 15 is 0 Å². The third-order valence-electron chi connectivity index (χ3n) is 8.10. The number of fused-ring (bicyclic) bond motifs is 2. The number of likely N-dealkylation sites (tertiary alicyclic amines) is 1. The maximum absolute atomic E-state index is 13.8. The van der Waals surface area contributed by atoms with Gasteiger partial charge in [-0.15, -0.1) is 0 Å². The van der Waals surface area contributed by atoms with Crippen LogP contribution in [-0.2, 0) is 24.9 Å². The van der Waals surface area contributed by atoms with Gasteiger partial charge in [-0.05, 0) is 57.9 Å². The number of aryl methyl sites for hydroxylation is 4. The fourth-order valence-corrected chi connectivity index (χ4v) is 5.86. The molecule has 0 bridgehead atoms. The van der Waals surface area contributed by atoms with E-state index < -0.39 is 41.0 Å². The molecule has 2 amide bonds. The van der Waals surface area contributed by atoms with Gasteiger partial charge in [0, 0.05) is 39.3 Å². The second kappa shape index (κ2) is 10.9. The van der Waals surface area contributed by atoms with Gasteiger partial charge in [-0.2, -0.15) is 13.2 Å². The summed E-state index contributed by atoms with van der Waals surface area (Å²) in [6, 6.07) is 7.30. The SMILES string of the molecule is CCn1c(=O)n(CC)c2cc(C(=O)N3CCC(n4c(=O)c5cc(C)ccc5n(C)c4=O)CC3)c(NC(=O)C(F)(F)F)cc21. The maximum atomic E-state index is 13.8. The Labute approximate surface area is 242 Å². The Morgan fingerprint density at radius 1 is 0.907 bits per heavy atom. The lowest BCUT2D eigenvalue weighted by atomic mass is 10.0. The predicted molar refractivity (Wildman–Crippen MR) is 155 cm³/mol. The normalized spacial score (nSPS) is 14.5. The molecule has 0 radical (unpaired) electrons. The van der Waals surface area contributed by atoms with E-state index in [9.17, 15) is 37.1 Å². The van der Waals surface area contributed by atoms with Crippen LogP contribution in [-0.4, -0.2) is 54.2 Å². The number of amides is 2. The van der Waals surface area contributed by atoms with Crippen molar-refractivity contribution in [2.45, 2.75) is 58.9 Å². The molecule has 14 heteroatoms. The highest BCUT2D eigenvalue weighted by Crippen LogP contribution is 2.30. The average Bonchev–Trinajstić information content (AvgIpc) is 3.24. The van der Waals surface area contributed by atoms with E-state index in [0.717, 1.165) is 5.56 Å². The lowest BCUT2D eigenvalue weighted by molar-refractivity contribution is -0.167. The summed E-state index contributed by atoms with van der Waals surface area (Å²) in [6.45, 7) is 5.96. The third kappa shape index (κ3) is 5.04. The number of carbonyl (C=O) groups excluding carboxylic acids is 2. The van der Waals surface area contributed by atoms with Gasteiger partial charge in [-0.1, -0.05) is 11.6 Å². The van der Waals surface area contributed by atoms with Gasteiger partial charge in [0.2, 0.25) is 0 Å². The van der Waals surface area contributed by atoms with Crippen LogP contribution >= 0.6 is 0 Å². The summed E-state index contributed by atoms with van der Waals surface area (Å²) in [7, 11) is 1.59. The number of halogens is 3. The Morgan fingerprint density at radius 3 is 2.09 bits per heavy atom. The number of benzene rings is 2. The fourth-order valence-electron chi connectivity index (χ4n) is 5.86. The zero-order valence-corrected chi connectivity index (χ0v) is 24.1. The van der Waals surface area contributed by atoms with Crippen molar-refractivity contribution in [1.29, 1.82) is 0 Å². The van der Waals surface area contributed by atoms with E-state index in [4.69, 9.17) is 0 Å². The van der Waals surface area contributed by atoms with Gasteiger partial charge in [0.25, 0.3) is 11.5 Å². The molecule has 1 aliphatic rings. The number of hydrogen-bond acceptors (Lipinski definition) is 5. The van der Waals surface area contributed by atoms with Gasteiger partial charge in [0.05, 0.1) is 33.2 Å². The van der Waals surface area contributed by atoms with Crippen molar-refractivity contribution < 1.29 is 22.8 Å². The quantitative estimate of drug-likeness (QED) is 0.378. The highest BCUT2D eigenvalue weighted by Gasteiger charge is 2.40. The van der Waals surface area contributed by atoms with E-state index in [0.29, 0.717) is 16.4 Å². The van der Waals surface area contributed by atoms with Gasteiger partial charge >= 0.3 is 23.5 Å². The van der Waals surface area contributed by atoms with Crippen molar-refractivity contribution in [2.24, 2.45) is 7.05 Å². The zero-order valence-electron chi connectivity index (χ0n) is 24.1. The summed E-state index contributed by atoms with van der Waals surface area (Å²) in [6.07, 6.45) is -4.71. The Kier molecular flexibility index (Phi) is 7.57. The summed E-state index contributed by atoms with van der Waals surface area (Å²) >= 11 is 0. The number of carbonyl (C=O) groups is 2. The van der Waals surface area contributed by atoms with Gasteiger partial charge in [-0.3, -0.25) is 32.7 Å². The average molecular weight is 601 g/mol. The van der Waals surface area contributed by atoms with Crippen molar-refractivity contribution in [3.63, 3.8) is 0 Å². The third-order valence-corrected chi connectivity index (χ3v) is 8.10. The molecule has 1 fully saturated rings. The molecule has 228 valence electrons. The number of imidazole rings is 1. The van der Waals surface area contributed by atoms with Crippen molar-refractivity contribution in [2.75, 3.05) is 18.4 Å². The lowest BCUT2D eigenvalue weighted by Gasteiger charge is -2.33.